The van der Waals surface area contributed by atoms with Crippen LogP contribution in [-0.2, 0) is 18.4 Å². The Labute approximate surface area is 219 Å². The van der Waals surface area contributed by atoms with Gasteiger partial charge in [-0.15, -0.1) is 5.73 Å². The number of rotatable bonds is 8. The predicted octanol–water partition coefficient (Wildman–Crippen LogP) is 7.70. The normalized spacial score (nSPS) is 9.95. The van der Waals surface area contributed by atoms with Crippen LogP contribution in [0.3, 0.4) is 0 Å². The van der Waals surface area contributed by atoms with Crippen LogP contribution in [0.2, 0.25) is 0 Å². The van der Waals surface area contributed by atoms with Gasteiger partial charge >= 0.3 is 5.97 Å². The zero-order valence-electron chi connectivity index (χ0n) is 22.7. The quantitative estimate of drug-likeness (QED) is 0.193. The van der Waals surface area contributed by atoms with Crippen molar-refractivity contribution in [3.05, 3.63) is 96.2 Å². The summed E-state index contributed by atoms with van der Waals surface area (Å²) in [5.41, 5.74) is 6.49. The number of aliphatic hydroxyl groups is 1. The molecule has 3 aromatic rings. The van der Waals surface area contributed by atoms with Crippen molar-refractivity contribution in [2.24, 2.45) is 7.05 Å². The zero-order valence-corrected chi connectivity index (χ0v) is 22.7. The molecular weight excluding hydrogens is 469 g/mol. The number of aromatic nitrogens is 1. The van der Waals surface area contributed by atoms with E-state index in [1.807, 2.05) is 87.9 Å². The molecule has 0 aliphatic carbocycles. The molecule has 1 heterocycles. The van der Waals surface area contributed by atoms with Crippen molar-refractivity contribution in [3.8, 4) is 16.9 Å². The molecule has 0 bridgehead atoms. The Hall–Kier alpha value is -3.86. The van der Waals surface area contributed by atoms with E-state index < -0.39 is 5.83 Å². The fourth-order valence-electron chi connectivity index (χ4n) is 3.50. The molecule has 37 heavy (non-hydrogen) atoms. The lowest BCUT2D eigenvalue weighted by atomic mass is 10.0. The molecule has 0 saturated heterocycles. The Morgan fingerprint density at radius 3 is 2.35 bits per heavy atom. The largest absolute Gasteiger partial charge is 0.494 e. The molecule has 3 rings (SSSR count). The number of halogens is 1. The van der Waals surface area contributed by atoms with Gasteiger partial charge in [-0.1, -0.05) is 50.8 Å². The summed E-state index contributed by atoms with van der Waals surface area (Å²) < 4.78 is 24.4. The summed E-state index contributed by atoms with van der Waals surface area (Å²) in [5.74, 6) is -0.0541. The lowest BCUT2D eigenvalue weighted by Gasteiger charge is -2.09. The number of esters is 1. The fraction of sp³-hybridized carbons (Fsp3) is 0.290. The topological polar surface area (TPSA) is 60.7 Å². The molecule has 0 amide bonds. The van der Waals surface area contributed by atoms with E-state index >= 15 is 0 Å². The van der Waals surface area contributed by atoms with E-state index in [0.29, 0.717) is 18.9 Å². The SMILES string of the molecule is C=C(F)C=C=C/C=C\C.CC.CCOC(=O)c1c(-c2ccc(OCC)cc2)c2cc(CO)ccc2n1C. The van der Waals surface area contributed by atoms with Gasteiger partial charge in [-0.3, -0.25) is 0 Å². The Morgan fingerprint density at radius 2 is 1.81 bits per heavy atom. The van der Waals surface area contributed by atoms with E-state index in [1.54, 1.807) is 19.1 Å². The number of aliphatic hydroxyl groups excluding tert-OH is 1. The molecule has 2 aromatic carbocycles. The van der Waals surface area contributed by atoms with Gasteiger partial charge < -0.3 is 19.1 Å². The van der Waals surface area contributed by atoms with E-state index in [4.69, 9.17) is 9.47 Å². The van der Waals surface area contributed by atoms with Crippen molar-refractivity contribution in [3.63, 3.8) is 0 Å². The van der Waals surface area contributed by atoms with Crippen LogP contribution >= 0.6 is 0 Å². The Morgan fingerprint density at radius 1 is 1.14 bits per heavy atom. The highest BCUT2D eigenvalue weighted by Gasteiger charge is 2.23. The maximum Gasteiger partial charge on any atom is 0.355 e. The highest BCUT2D eigenvalue weighted by molar-refractivity contribution is 6.08. The lowest BCUT2D eigenvalue weighted by Crippen LogP contribution is -2.11. The molecule has 0 aliphatic heterocycles. The van der Waals surface area contributed by atoms with Gasteiger partial charge in [-0.2, -0.15) is 0 Å². The van der Waals surface area contributed by atoms with Crippen LogP contribution in [0.1, 0.15) is 50.7 Å². The molecule has 5 nitrogen and oxygen atoms in total. The molecule has 0 saturated carbocycles. The molecule has 6 heteroatoms. The minimum absolute atomic E-state index is 0.0533. The highest BCUT2D eigenvalue weighted by atomic mass is 19.1. The van der Waals surface area contributed by atoms with Crippen molar-refractivity contribution in [1.29, 1.82) is 0 Å². The van der Waals surface area contributed by atoms with Crippen LogP contribution in [0, 0.1) is 0 Å². The number of benzene rings is 2. The van der Waals surface area contributed by atoms with Crippen LogP contribution in [0.5, 0.6) is 5.75 Å². The van der Waals surface area contributed by atoms with E-state index in [1.165, 1.54) is 6.08 Å². The third kappa shape index (κ3) is 8.94. The number of carbonyl (C=O) groups is 1. The van der Waals surface area contributed by atoms with Crippen molar-refractivity contribution < 1.29 is 23.8 Å². The number of aryl methyl sites for hydroxylation is 1. The van der Waals surface area contributed by atoms with Crippen LogP contribution in [0.4, 0.5) is 4.39 Å². The third-order valence-corrected chi connectivity index (χ3v) is 4.99. The molecule has 0 atom stereocenters. The zero-order chi connectivity index (χ0) is 27.8. The maximum absolute atomic E-state index is 12.6. The van der Waals surface area contributed by atoms with Gasteiger partial charge in [0.1, 0.15) is 17.3 Å². The highest BCUT2D eigenvalue weighted by Crippen LogP contribution is 2.36. The summed E-state index contributed by atoms with van der Waals surface area (Å²) in [6.45, 7) is 13.5. The Bertz CT molecular complexity index is 1250. The summed E-state index contributed by atoms with van der Waals surface area (Å²) >= 11 is 0. The fourth-order valence-corrected chi connectivity index (χ4v) is 3.50. The molecule has 0 spiro atoms. The van der Waals surface area contributed by atoms with E-state index in [0.717, 1.165) is 33.3 Å². The van der Waals surface area contributed by atoms with Crippen molar-refractivity contribution in [2.75, 3.05) is 13.2 Å². The van der Waals surface area contributed by atoms with Gasteiger partial charge in [-0.25, -0.2) is 9.18 Å². The molecule has 198 valence electrons. The molecule has 0 radical (unpaired) electrons. The first kappa shape index (κ1) is 31.2. The number of ether oxygens (including phenoxy) is 2. The number of nitrogens with zero attached hydrogens (tertiary/aromatic N) is 1. The summed E-state index contributed by atoms with van der Waals surface area (Å²) in [5, 5.41) is 10.4. The smallest absolute Gasteiger partial charge is 0.355 e. The number of hydrogen-bond donors (Lipinski definition) is 1. The van der Waals surface area contributed by atoms with Crippen LogP contribution in [0.15, 0.2) is 84.9 Å². The average Bonchev–Trinajstić information content (AvgIpc) is 3.20. The number of hydrogen-bond acceptors (Lipinski definition) is 4. The molecular formula is C31H38FNO4. The first-order valence-corrected chi connectivity index (χ1v) is 12.4. The Kier molecular flexibility index (Phi) is 14.1. The van der Waals surface area contributed by atoms with Crippen LogP contribution < -0.4 is 4.74 Å². The van der Waals surface area contributed by atoms with Gasteiger partial charge in [0.2, 0.25) is 0 Å². The van der Waals surface area contributed by atoms with Crippen molar-refractivity contribution in [1.82, 2.24) is 4.57 Å². The van der Waals surface area contributed by atoms with Crippen molar-refractivity contribution >= 4 is 16.9 Å². The van der Waals surface area contributed by atoms with Gasteiger partial charge in [0.15, 0.2) is 0 Å². The van der Waals surface area contributed by atoms with Gasteiger partial charge in [0.25, 0.3) is 0 Å². The third-order valence-electron chi connectivity index (χ3n) is 4.99. The predicted molar refractivity (Wildman–Crippen MR) is 150 cm³/mol. The molecule has 1 N–H and O–H groups in total. The molecule has 0 aliphatic rings. The number of allylic oxidation sites excluding steroid dienone is 4. The average molecular weight is 508 g/mol. The van der Waals surface area contributed by atoms with E-state index in [-0.39, 0.29) is 12.6 Å². The second kappa shape index (κ2) is 16.7. The first-order chi connectivity index (χ1) is 17.9. The number of carbonyl (C=O) groups excluding carboxylic acids is 1. The maximum atomic E-state index is 12.6. The second-order valence-corrected chi connectivity index (χ2v) is 7.42. The molecule has 0 unspecified atom stereocenters. The molecule has 1 aromatic heterocycles. The van der Waals surface area contributed by atoms with Crippen LogP contribution in [0.25, 0.3) is 22.0 Å². The lowest BCUT2D eigenvalue weighted by molar-refractivity contribution is 0.0517. The van der Waals surface area contributed by atoms with Crippen LogP contribution in [-0.4, -0.2) is 28.9 Å². The van der Waals surface area contributed by atoms with Gasteiger partial charge in [0, 0.05) is 29.6 Å². The second-order valence-electron chi connectivity index (χ2n) is 7.42. The van der Waals surface area contributed by atoms with E-state index in [9.17, 15) is 14.3 Å². The van der Waals surface area contributed by atoms with E-state index in [2.05, 4.69) is 12.3 Å². The standard InChI is InChI=1S/C21H23NO4.C8H9F.C2H6/c1-4-25-16-9-7-15(8-10-16)19-17-12-14(13-23)6-11-18(17)22(3)20(19)21(24)26-5-2;1-3-4-5-6-7-8(2)9;1-2/h6-12,23H,4-5,13H2,1-3H3;3-5,7H,2H2,1H3;1-2H3/b;4-3-;. The summed E-state index contributed by atoms with van der Waals surface area (Å²) in [6, 6.07) is 13.4. The summed E-state index contributed by atoms with van der Waals surface area (Å²) in [6.07, 6.45) is 6.39. The summed E-state index contributed by atoms with van der Waals surface area (Å²) in [4.78, 5) is 12.6. The Balaban J connectivity index is 0.000000529. The molecule has 0 fully saturated rings. The minimum Gasteiger partial charge on any atom is -0.494 e. The van der Waals surface area contributed by atoms with Crippen molar-refractivity contribution in [2.45, 2.75) is 41.2 Å². The monoisotopic (exact) mass is 507 g/mol. The van der Waals surface area contributed by atoms with Gasteiger partial charge in [0.05, 0.1) is 19.8 Å². The number of fused-ring (bicyclic) bond motifs is 1. The minimum atomic E-state index is -0.476. The first-order valence-electron chi connectivity index (χ1n) is 12.4. The van der Waals surface area contributed by atoms with Gasteiger partial charge in [-0.05, 0) is 62.2 Å². The summed E-state index contributed by atoms with van der Waals surface area (Å²) in [7, 11) is 1.85.